The lowest BCUT2D eigenvalue weighted by atomic mass is 9.77. The van der Waals surface area contributed by atoms with Crippen molar-refractivity contribution in [3.8, 4) is 0 Å². The molecule has 0 bridgehead atoms. The molecule has 0 spiro atoms. The highest BCUT2D eigenvalue weighted by Crippen LogP contribution is 2.37. The van der Waals surface area contributed by atoms with Gasteiger partial charge in [0.05, 0.1) is 0 Å². The van der Waals surface area contributed by atoms with E-state index in [4.69, 9.17) is 4.74 Å². The molecule has 4 nitrogen and oxygen atoms in total. The van der Waals surface area contributed by atoms with Crippen molar-refractivity contribution in [1.82, 2.24) is 5.32 Å². The van der Waals surface area contributed by atoms with Crippen LogP contribution in [0.1, 0.15) is 51.2 Å². The van der Waals surface area contributed by atoms with E-state index < -0.39 is 17.4 Å². The Balaban J connectivity index is 2.14. The maximum atomic E-state index is 11.9. The van der Waals surface area contributed by atoms with Crippen molar-refractivity contribution >= 4 is 6.09 Å². The summed E-state index contributed by atoms with van der Waals surface area (Å²) < 4.78 is 5.23. The molecular formula is C16H23NO3. The minimum atomic E-state index is -1.25. The van der Waals surface area contributed by atoms with Gasteiger partial charge < -0.3 is 9.84 Å². The lowest BCUT2D eigenvalue weighted by Crippen LogP contribution is -2.55. The molecule has 2 rings (SSSR count). The maximum absolute atomic E-state index is 11.9. The second kappa shape index (κ2) is 5.09. The number of amides is 1. The molecule has 1 aliphatic rings. The smallest absolute Gasteiger partial charge is 0.409 e. The highest BCUT2D eigenvalue weighted by molar-refractivity contribution is 5.69. The van der Waals surface area contributed by atoms with Gasteiger partial charge in [-0.3, -0.25) is 5.32 Å². The number of aliphatic hydroxyl groups is 1. The van der Waals surface area contributed by atoms with E-state index in [1.54, 1.807) is 20.8 Å². The van der Waals surface area contributed by atoms with Crippen LogP contribution in [-0.4, -0.2) is 22.5 Å². The second-order valence-electron chi connectivity index (χ2n) is 6.47. The summed E-state index contributed by atoms with van der Waals surface area (Å²) in [7, 11) is 0. The van der Waals surface area contributed by atoms with E-state index in [-0.39, 0.29) is 5.92 Å². The number of aryl methyl sites for hydroxylation is 1. The van der Waals surface area contributed by atoms with Crippen LogP contribution in [0.15, 0.2) is 24.3 Å². The number of nitrogens with one attached hydrogen (secondary N) is 1. The molecule has 2 N–H and O–H groups in total. The molecule has 0 heterocycles. The molecule has 0 radical (unpaired) electrons. The SMILES string of the molecule is CC1c2ccccc2CCC1(O)NC(=O)OC(C)(C)C. The van der Waals surface area contributed by atoms with E-state index in [2.05, 4.69) is 11.4 Å². The van der Waals surface area contributed by atoms with Gasteiger partial charge in [-0.05, 0) is 44.7 Å². The van der Waals surface area contributed by atoms with Gasteiger partial charge in [0.15, 0.2) is 0 Å². The predicted molar refractivity (Wildman–Crippen MR) is 77.5 cm³/mol. The van der Waals surface area contributed by atoms with Crippen LogP contribution in [-0.2, 0) is 11.2 Å². The van der Waals surface area contributed by atoms with Gasteiger partial charge in [-0.1, -0.05) is 31.2 Å². The maximum Gasteiger partial charge on any atom is 0.409 e. The minimum absolute atomic E-state index is 0.167. The average molecular weight is 277 g/mol. The van der Waals surface area contributed by atoms with Gasteiger partial charge >= 0.3 is 6.09 Å². The number of alkyl carbamates (subject to hydrolysis) is 1. The standard InChI is InChI=1S/C16H23NO3/c1-11-13-8-6-5-7-12(13)9-10-16(11,19)17-14(18)20-15(2,3)4/h5-8,11,19H,9-10H2,1-4H3,(H,17,18). The highest BCUT2D eigenvalue weighted by atomic mass is 16.6. The quantitative estimate of drug-likeness (QED) is 0.776. The van der Waals surface area contributed by atoms with Crippen molar-refractivity contribution in [3.05, 3.63) is 35.4 Å². The fourth-order valence-corrected chi connectivity index (χ4v) is 2.63. The largest absolute Gasteiger partial charge is 0.444 e. The molecular weight excluding hydrogens is 254 g/mol. The van der Waals surface area contributed by atoms with E-state index in [9.17, 15) is 9.90 Å². The number of carbonyl (C=O) groups is 1. The van der Waals surface area contributed by atoms with Crippen molar-refractivity contribution in [3.63, 3.8) is 0 Å². The first-order valence-electron chi connectivity index (χ1n) is 7.03. The first kappa shape index (κ1) is 14.9. The van der Waals surface area contributed by atoms with E-state index >= 15 is 0 Å². The van der Waals surface area contributed by atoms with Crippen molar-refractivity contribution < 1.29 is 14.6 Å². The molecule has 1 aliphatic carbocycles. The van der Waals surface area contributed by atoms with E-state index in [0.29, 0.717) is 6.42 Å². The summed E-state index contributed by atoms with van der Waals surface area (Å²) >= 11 is 0. The summed E-state index contributed by atoms with van der Waals surface area (Å²) in [5.41, 5.74) is 0.486. The Hall–Kier alpha value is -1.55. The van der Waals surface area contributed by atoms with Crippen LogP contribution < -0.4 is 5.32 Å². The molecule has 0 saturated carbocycles. The van der Waals surface area contributed by atoms with Gasteiger partial charge in [-0.15, -0.1) is 0 Å². The Labute approximate surface area is 120 Å². The molecule has 0 aromatic heterocycles. The number of hydrogen-bond acceptors (Lipinski definition) is 3. The summed E-state index contributed by atoms with van der Waals surface area (Å²) in [4.78, 5) is 11.9. The lowest BCUT2D eigenvalue weighted by molar-refractivity contribution is -0.0388. The van der Waals surface area contributed by atoms with Gasteiger partial charge in [-0.25, -0.2) is 4.79 Å². The fraction of sp³-hybridized carbons (Fsp3) is 0.562. The van der Waals surface area contributed by atoms with E-state index in [1.165, 1.54) is 5.56 Å². The van der Waals surface area contributed by atoms with Crippen LogP contribution in [0, 0.1) is 0 Å². The number of ether oxygens (including phenoxy) is 1. The van der Waals surface area contributed by atoms with Crippen molar-refractivity contribution in [2.24, 2.45) is 0 Å². The van der Waals surface area contributed by atoms with Gasteiger partial charge in [0, 0.05) is 5.92 Å². The van der Waals surface area contributed by atoms with Crippen LogP contribution in [0.3, 0.4) is 0 Å². The van der Waals surface area contributed by atoms with Crippen LogP contribution in [0.5, 0.6) is 0 Å². The van der Waals surface area contributed by atoms with Gasteiger partial charge in [0.25, 0.3) is 0 Å². The zero-order valence-corrected chi connectivity index (χ0v) is 12.6. The number of hydrogen-bond donors (Lipinski definition) is 2. The molecule has 4 heteroatoms. The fourth-order valence-electron chi connectivity index (χ4n) is 2.63. The average Bonchev–Trinajstić information content (AvgIpc) is 2.32. The third-order valence-corrected chi connectivity index (χ3v) is 3.73. The lowest BCUT2D eigenvalue weighted by Gasteiger charge is -2.40. The Morgan fingerprint density at radius 1 is 1.40 bits per heavy atom. The van der Waals surface area contributed by atoms with Crippen LogP contribution in [0.2, 0.25) is 0 Å². The Bertz CT molecular complexity index is 507. The zero-order valence-electron chi connectivity index (χ0n) is 12.6. The molecule has 0 saturated heterocycles. The summed E-state index contributed by atoms with van der Waals surface area (Å²) in [5, 5.41) is 13.4. The topological polar surface area (TPSA) is 58.6 Å². The first-order chi connectivity index (χ1) is 9.21. The van der Waals surface area contributed by atoms with Crippen molar-refractivity contribution in [1.29, 1.82) is 0 Å². The molecule has 20 heavy (non-hydrogen) atoms. The van der Waals surface area contributed by atoms with Crippen molar-refractivity contribution in [2.75, 3.05) is 0 Å². The van der Waals surface area contributed by atoms with Gasteiger partial charge in [0.1, 0.15) is 11.3 Å². The number of fused-ring (bicyclic) bond motifs is 1. The number of carbonyl (C=O) groups excluding carboxylic acids is 1. The molecule has 1 aromatic carbocycles. The third kappa shape index (κ3) is 3.12. The van der Waals surface area contributed by atoms with Crippen LogP contribution >= 0.6 is 0 Å². The van der Waals surface area contributed by atoms with Crippen LogP contribution in [0.4, 0.5) is 4.79 Å². The molecule has 1 aromatic rings. The Morgan fingerprint density at radius 3 is 2.70 bits per heavy atom. The third-order valence-electron chi connectivity index (χ3n) is 3.73. The van der Waals surface area contributed by atoms with Crippen LogP contribution in [0.25, 0.3) is 0 Å². The van der Waals surface area contributed by atoms with E-state index in [1.807, 2.05) is 25.1 Å². The summed E-state index contributed by atoms with van der Waals surface area (Å²) in [6.45, 7) is 7.33. The monoisotopic (exact) mass is 277 g/mol. The molecule has 1 amide bonds. The summed E-state index contributed by atoms with van der Waals surface area (Å²) in [6, 6.07) is 8.02. The Morgan fingerprint density at radius 2 is 2.05 bits per heavy atom. The predicted octanol–water partition coefficient (Wildman–Crippen LogP) is 2.95. The summed E-state index contributed by atoms with van der Waals surface area (Å²) in [6.07, 6.45) is 0.656. The van der Waals surface area contributed by atoms with Crippen molar-refractivity contribution in [2.45, 2.75) is 57.8 Å². The molecule has 2 unspecified atom stereocenters. The molecule has 110 valence electrons. The zero-order chi connectivity index (χ0) is 15.0. The van der Waals surface area contributed by atoms with E-state index in [0.717, 1.165) is 12.0 Å². The molecule has 0 fully saturated rings. The van der Waals surface area contributed by atoms with Gasteiger partial charge in [0.2, 0.25) is 0 Å². The highest BCUT2D eigenvalue weighted by Gasteiger charge is 2.41. The molecule has 0 aliphatic heterocycles. The summed E-state index contributed by atoms with van der Waals surface area (Å²) in [5.74, 6) is -0.167. The minimum Gasteiger partial charge on any atom is -0.444 e. The number of benzene rings is 1. The first-order valence-corrected chi connectivity index (χ1v) is 7.03. The Kier molecular flexibility index (Phi) is 3.78. The normalized spacial score (nSPS) is 25.8. The van der Waals surface area contributed by atoms with Gasteiger partial charge in [-0.2, -0.15) is 0 Å². The number of rotatable bonds is 1. The molecule has 2 atom stereocenters. The second-order valence-corrected chi connectivity index (χ2v) is 6.47.